The second-order valence-corrected chi connectivity index (χ2v) is 7.00. The predicted molar refractivity (Wildman–Crippen MR) is 95.1 cm³/mol. The highest BCUT2D eigenvalue weighted by Crippen LogP contribution is 2.36. The molecule has 0 unspecified atom stereocenters. The molecule has 0 aromatic heterocycles. The molecule has 0 bridgehead atoms. The first-order valence-corrected chi connectivity index (χ1v) is 8.63. The van der Waals surface area contributed by atoms with Crippen LogP contribution in [0.25, 0.3) is 0 Å². The molecule has 0 aliphatic carbocycles. The lowest BCUT2D eigenvalue weighted by Gasteiger charge is -2.28. The van der Waals surface area contributed by atoms with Gasteiger partial charge in [0.1, 0.15) is 5.69 Å². The molecule has 1 aliphatic heterocycles. The quantitative estimate of drug-likeness (QED) is 0.420. The number of likely N-dealkylation sites (tertiary alicyclic amines) is 1. The number of carbonyl (C=O) groups excluding carboxylic acids is 1. The predicted octanol–water partition coefficient (Wildman–Crippen LogP) is 3.87. The highest BCUT2D eigenvalue weighted by molar-refractivity contribution is 9.11. The third kappa shape index (κ3) is 4.02. The number of piperidine rings is 1. The van der Waals surface area contributed by atoms with Crippen LogP contribution in [0.2, 0.25) is 0 Å². The SMILES string of the molecule is O=C(Nc1c(Br)cc(Br)cc1[N+](=O)[O-])C(=S)N1CCCCC1. The number of nitrogens with one attached hydrogen (secondary N) is 1. The van der Waals surface area contributed by atoms with Crippen LogP contribution in [0.5, 0.6) is 0 Å². The van der Waals surface area contributed by atoms with Crippen molar-refractivity contribution in [3.8, 4) is 0 Å². The largest absolute Gasteiger partial charge is 0.358 e. The van der Waals surface area contributed by atoms with Crippen LogP contribution in [0.3, 0.4) is 0 Å². The maximum absolute atomic E-state index is 12.3. The van der Waals surface area contributed by atoms with Gasteiger partial charge in [0.2, 0.25) is 0 Å². The van der Waals surface area contributed by atoms with Crippen molar-refractivity contribution >= 4 is 66.3 Å². The fraction of sp³-hybridized carbons (Fsp3) is 0.385. The van der Waals surface area contributed by atoms with Crippen LogP contribution in [0.15, 0.2) is 21.1 Å². The molecule has 1 N–H and O–H groups in total. The summed E-state index contributed by atoms with van der Waals surface area (Å²) >= 11 is 11.6. The Kier molecular flexibility index (Phi) is 5.87. The summed E-state index contributed by atoms with van der Waals surface area (Å²) in [5.74, 6) is -0.497. The number of carbonyl (C=O) groups is 1. The maximum Gasteiger partial charge on any atom is 0.295 e. The Bertz CT molecular complexity index is 633. The fourth-order valence-corrected chi connectivity index (χ4v) is 3.77. The number of hydrogen-bond donors (Lipinski definition) is 1. The summed E-state index contributed by atoms with van der Waals surface area (Å²) in [6, 6.07) is 2.97. The van der Waals surface area contributed by atoms with Crippen LogP contribution in [0.1, 0.15) is 19.3 Å². The van der Waals surface area contributed by atoms with Crippen LogP contribution >= 0.6 is 44.1 Å². The van der Waals surface area contributed by atoms with Crippen molar-refractivity contribution in [1.82, 2.24) is 4.90 Å². The zero-order valence-electron chi connectivity index (χ0n) is 11.5. The van der Waals surface area contributed by atoms with Gasteiger partial charge in [0, 0.05) is 28.1 Å². The summed E-state index contributed by atoms with van der Waals surface area (Å²) < 4.78 is 0.964. The van der Waals surface area contributed by atoms with E-state index < -0.39 is 10.8 Å². The first-order valence-electron chi connectivity index (χ1n) is 6.64. The van der Waals surface area contributed by atoms with Gasteiger partial charge in [0.05, 0.1) is 4.92 Å². The fourth-order valence-electron chi connectivity index (χ4n) is 2.24. The van der Waals surface area contributed by atoms with Gasteiger partial charge in [-0.15, -0.1) is 0 Å². The molecule has 0 radical (unpaired) electrons. The minimum absolute atomic E-state index is 0.109. The summed E-state index contributed by atoms with van der Waals surface area (Å²) in [5, 5.41) is 13.7. The minimum atomic E-state index is -0.547. The van der Waals surface area contributed by atoms with E-state index in [0.717, 1.165) is 32.4 Å². The number of amides is 1. The van der Waals surface area contributed by atoms with Gasteiger partial charge >= 0.3 is 0 Å². The third-order valence-electron chi connectivity index (χ3n) is 3.31. The van der Waals surface area contributed by atoms with Crippen molar-refractivity contribution in [1.29, 1.82) is 0 Å². The molecule has 1 saturated heterocycles. The molecule has 1 amide bonds. The molecule has 22 heavy (non-hydrogen) atoms. The van der Waals surface area contributed by atoms with E-state index in [-0.39, 0.29) is 16.4 Å². The maximum atomic E-state index is 12.3. The van der Waals surface area contributed by atoms with Gasteiger partial charge in [-0.25, -0.2) is 0 Å². The van der Waals surface area contributed by atoms with Crippen LogP contribution in [0, 0.1) is 10.1 Å². The number of nitrogens with zero attached hydrogens (tertiary/aromatic N) is 2. The molecular formula is C13H13Br2N3O3S. The zero-order valence-corrected chi connectivity index (χ0v) is 15.5. The second-order valence-electron chi connectivity index (χ2n) is 4.85. The first kappa shape index (κ1) is 17.3. The number of nitro benzene ring substituents is 1. The molecule has 2 rings (SSSR count). The van der Waals surface area contributed by atoms with Crippen molar-refractivity contribution in [2.24, 2.45) is 0 Å². The van der Waals surface area contributed by atoms with Crippen molar-refractivity contribution < 1.29 is 9.72 Å². The van der Waals surface area contributed by atoms with E-state index in [1.807, 2.05) is 4.90 Å². The summed E-state index contributed by atoms with van der Waals surface area (Å²) in [6.07, 6.45) is 3.12. The molecular weight excluding hydrogens is 438 g/mol. The minimum Gasteiger partial charge on any atom is -0.358 e. The Morgan fingerprint density at radius 2 is 1.91 bits per heavy atom. The molecule has 0 saturated carbocycles. The number of benzene rings is 1. The van der Waals surface area contributed by atoms with Gasteiger partial charge in [-0.3, -0.25) is 14.9 Å². The Hall–Kier alpha value is -1.06. The molecule has 1 aliphatic rings. The number of nitro groups is 1. The van der Waals surface area contributed by atoms with Gasteiger partial charge < -0.3 is 10.2 Å². The monoisotopic (exact) mass is 449 g/mol. The molecule has 1 fully saturated rings. The van der Waals surface area contributed by atoms with Gasteiger partial charge in [-0.2, -0.15) is 0 Å². The Balaban J connectivity index is 2.21. The lowest BCUT2D eigenvalue weighted by molar-refractivity contribution is -0.384. The van der Waals surface area contributed by atoms with E-state index in [9.17, 15) is 14.9 Å². The van der Waals surface area contributed by atoms with E-state index >= 15 is 0 Å². The third-order valence-corrected chi connectivity index (χ3v) is 4.83. The zero-order chi connectivity index (χ0) is 16.3. The second kappa shape index (κ2) is 7.47. The molecule has 118 valence electrons. The number of halogens is 2. The Morgan fingerprint density at radius 1 is 1.27 bits per heavy atom. The van der Waals surface area contributed by atoms with Crippen molar-refractivity contribution in [3.05, 3.63) is 31.2 Å². The van der Waals surface area contributed by atoms with Crippen LogP contribution < -0.4 is 5.32 Å². The smallest absolute Gasteiger partial charge is 0.295 e. The van der Waals surface area contributed by atoms with Crippen LogP contribution in [-0.4, -0.2) is 33.8 Å². The summed E-state index contributed by atoms with van der Waals surface area (Å²) in [7, 11) is 0. The lowest BCUT2D eigenvalue weighted by Crippen LogP contribution is -2.41. The molecule has 0 atom stereocenters. The van der Waals surface area contributed by atoms with Crippen molar-refractivity contribution in [2.45, 2.75) is 19.3 Å². The van der Waals surface area contributed by atoms with Crippen LogP contribution in [-0.2, 0) is 4.79 Å². The standard InChI is InChI=1S/C13H13Br2N3O3S/c14-8-6-9(15)11(10(7-8)18(20)21)16-12(19)13(22)17-4-2-1-3-5-17/h6-7H,1-5H2,(H,16,19). The van der Waals surface area contributed by atoms with E-state index in [0.29, 0.717) is 8.95 Å². The summed E-state index contributed by atoms with van der Waals surface area (Å²) in [4.78, 5) is 24.9. The number of anilines is 1. The average Bonchev–Trinajstić information content (AvgIpc) is 2.49. The van der Waals surface area contributed by atoms with Crippen LogP contribution in [0.4, 0.5) is 11.4 Å². The van der Waals surface area contributed by atoms with E-state index in [1.54, 1.807) is 6.07 Å². The van der Waals surface area contributed by atoms with E-state index in [1.165, 1.54) is 6.07 Å². The molecule has 0 spiro atoms. The Morgan fingerprint density at radius 3 is 2.50 bits per heavy atom. The first-order chi connectivity index (χ1) is 10.4. The molecule has 9 heteroatoms. The van der Waals surface area contributed by atoms with Gasteiger partial charge in [0.25, 0.3) is 11.6 Å². The molecule has 6 nitrogen and oxygen atoms in total. The van der Waals surface area contributed by atoms with E-state index in [4.69, 9.17) is 12.2 Å². The number of thiocarbonyl (C=S) groups is 1. The van der Waals surface area contributed by atoms with Gasteiger partial charge in [0.15, 0.2) is 4.99 Å². The molecule has 1 aromatic carbocycles. The molecule has 1 heterocycles. The van der Waals surface area contributed by atoms with Gasteiger partial charge in [-0.05, 0) is 41.3 Å². The van der Waals surface area contributed by atoms with Crippen molar-refractivity contribution in [3.63, 3.8) is 0 Å². The number of rotatable bonds is 2. The Labute approximate surface area is 149 Å². The van der Waals surface area contributed by atoms with Crippen molar-refractivity contribution in [2.75, 3.05) is 18.4 Å². The lowest BCUT2D eigenvalue weighted by atomic mass is 10.1. The highest BCUT2D eigenvalue weighted by atomic mass is 79.9. The summed E-state index contributed by atoms with van der Waals surface area (Å²) in [5.41, 5.74) is -0.0893. The summed E-state index contributed by atoms with van der Waals surface area (Å²) in [6.45, 7) is 1.49. The molecule has 1 aromatic rings. The van der Waals surface area contributed by atoms with Gasteiger partial charge in [-0.1, -0.05) is 28.1 Å². The normalized spacial score (nSPS) is 14.5. The number of hydrogen-bond acceptors (Lipinski definition) is 4. The highest BCUT2D eigenvalue weighted by Gasteiger charge is 2.24. The topological polar surface area (TPSA) is 75.5 Å². The van der Waals surface area contributed by atoms with E-state index in [2.05, 4.69) is 37.2 Å². The average molecular weight is 451 g/mol.